The molecule has 0 aromatic heterocycles. The Hall–Kier alpha value is -2.07. The van der Waals surface area contributed by atoms with Gasteiger partial charge in [0.05, 0.1) is 0 Å². The Balaban J connectivity index is 1.29. The van der Waals surface area contributed by atoms with Gasteiger partial charge in [0.25, 0.3) is 0 Å². The Bertz CT molecular complexity index is 774. The third-order valence-corrected chi connectivity index (χ3v) is 6.07. The summed E-state index contributed by atoms with van der Waals surface area (Å²) in [5, 5.41) is 6.29. The van der Waals surface area contributed by atoms with Crippen LogP contribution in [0.25, 0.3) is 10.8 Å². The monoisotopic (exact) mass is 364 g/mol. The molecule has 27 heavy (non-hydrogen) atoms. The molecule has 0 spiro atoms. The molecule has 4 rings (SSSR count). The van der Waals surface area contributed by atoms with Crippen LogP contribution in [0, 0.1) is 5.92 Å². The normalized spacial score (nSPS) is 21.3. The molecule has 2 aromatic carbocycles. The van der Waals surface area contributed by atoms with Crippen molar-refractivity contribution in [2.24, 2.45) is 10.9 Å². The number of benzene rings is 2. The van der Waals surface area contributed by atoms with Crippen LogP contribution in [0.5, 0.6) is 0 Å². The quantitative estimate of drug-likeness (QED) is 0.652. The molecule has 1 unspecified atom stereocenters. The molecule has 2 aliphatic rings. The average molecular weight is 365 g/mol. The topological polar surface area (TPSA) is 30.9 Å². The minimum atomic E-state index is 0.791. The van der Waals surface area contributed by atoms with E-state index in [2.05, 4.69) is 62.6 Å². The van der Waals surface area contributed by atoms with Gasteiger partial charge in [-0.1, -0.05) is 42.5 Å². The van der Waals surface area contributed by atoms with E-state index in [4.69, 9.17) is 0 Å². The van der Waals surface area contributed by atoms with Gasteiger partial charge in [0.2, 0.25) is 0 Å². The van der Waals surface area contributed by atoms with E-state index in [-0.39, 0.29) is 0 Å². The molecule has 0 aliphatic carbocycles. The van der Waals surface area contributed by atoms with E-state index in [1.165, 1.54) is 55.2 Å². The fraction of sp³-hybridized carbons (Fsp3) is 0.522. The Morgan fingerprint density at radius 1 is 1.07 bits per heavy atom. The molecule has 0 saturated carbocycles. The standard InChI is InChI=1S/C23H32N4/c1-24-23(27-16-12-19(18-27)17-26-14-4-5-15-26)25-13-11-21-9-6-8-20-7-2-3-10-22(20)21/h2-3,6-10,19H,4-5,11-18H2,1H3,(H,24,25). The van der Waals surface area contributed by atoms with Gasteiger partial charge in [-0.2, -0.15) is 0 Å². The summed E-state index contributed by atoms with van der Waals surface area (Å²) in [5.74, 6) is 1.86. The minimum Gasteiger partial charge on any atom is -0.356 e. The van der Waals surface area contributed by atoms with Crippen molar-refractivity contribution in [3.8, 4) is 0 Å². The molecule has 4 nitrogen and oxygen atoms in total. The zero-order valence-corrected chi connectivity index (χ0v) is 16.5. The van der Waals surface area contributed by atoms with E-state index >= 15 is 0 Å². The van der Waals surface area contributed by atoms with Crippen molar-refractivity contribution >= 4 is 16.7 Å². The first-order valence-corrected chi connectivity index (χ1v) is 10.5. The summed E-state index contributed by atoms with van der Waals surface area (Å²) in [6, 6.07) is 15.3. The van der Waals surface area contributed by atoms with E-state index in [9.17, 15) is 0 Å². The highest BCUT2D eigenvalue weighted by Gasteiger charge is 2.27. The van der Waals surface area contributed by atoms with Gasteiger partial charge < -0.3 is 15.1 Å². The minimum absolute atomic E-state index is 0.791. The van der Waals surface area contributed by atoms with Crippen molar-refractivity contribution in [1.82, 2.24) is 15.1 Å². The third-order valence-electron chi connectivity index (χ3n) is 6.07. The van der Waals surface area contributed by atoms with Gasteiger partial charge in [-0.15, -0.1) is 0 Å². The zero-order valence-electron chi connectivity index (χ0n) is 16.5. The fourth-order valence-electron chi connectivity index (χ4n) is 4.66. The molecule has 4 heteroatoms. The number of hydrogen-bond acceptors (Lipinski definition) is 2. The maximum Gasteiger partial charge on any atom is 0.193 e. The van der Waals surface area contributed by atoms with Crippen LogP contribution in [0.2, 0.25) is 0 Å². The van der Waals surface area contributed by atoms with Gasteiger partial charge in [-0.3, -0.25) is 4.99 Å². The Labute approximate surface area is 163 Å². The fourth-order valence-corrected chi connectivity index (χ4v) is 4.66. The van der Waals surface area contributed by atoms with Crippen LogP contribution in [0.15, 0.2) is 47.5 Å². The van der Waals surface area contributed by atoms with E-state index in [1.807, 2.05) is 7.05 Å². The Morgan fingerprint density at radius 3 is 2.74 bits per heavy atom. The molecular formula is C23H32N4. The van der Waals surface area contributed by atoms with E-state index in [1.54, 1.807) is 0 Å². The average Bonchev–Trinajstić information content (AvgIpc) is 3.38. The number of hydrogen-bond donors (Lipinski definition) is 1. The molecule has 2 fully saturated rings. The second-order valence-electron chi connectivity index (χ2n) is 7.97. The molecule has 2 saturated heterocycles. The lowest BCUT2D eigenvalue weighted by Crippen LogP contribution is -2.41. The van der Waals surface area contributed by atoms with Crippen molar-refractivity contribution in [1.29, 1.82) is 0 Å². The first-order valence-electron chi connectivity index (χ1n) is 10.5. The number of likely N-dealkylation sites (tertiary alicyclic amines) is 2. The molecule has 0 radical (unpaired) electrons. The van der Waals surface area contributed by atoms with Crippen molar-refractivity contribution in [2.75, 3.05) is 46.3 Å². The highest BCUT2D eigenvalue weighted by atomic mass is 15.3. The third kappa shape index (κ3) is 4.44. The smallest absolute Gasteiger partial charge is 0.193 e. The second-order valence-corrected chi connectivity index (χ2v) is 7.97. The van der Waals surface area contributed by atoms with Crippen LogP contribution in [0.3, 0.4) is 0 Å². The van der Waals surface area contributed by atoms with Gasteiger partial charge in [0.1, 0.15) is 0 Å². The van der Waals surface area contributed by atoms with Crippen LogP contribution in [-0.4, -0.2) is 62.1 Å². The lowest BCUT2D eigenvalue weighted by atomic mass is 10.0. The number of nitrogens with zero attached hydrogens (tertiary/aromatic N) is 3. The molecule has 2 aromatic rings. The van der Waals surface area contributed by atoms with Gasteiger partial charge in [0, 0.05) is 33.2 Å². The zero-order chi connectivity index (χ0) is 18.5. The molecule has 2 heterocycles. The van der Waals surface area contributed by atoms with E-state index in [0.29, 0.717) is 0 Å². The van der Waals surface area contributed by atoms with Crippen LogP contribution in [0.4, 0.5) is 0 Å². The number of fused-ring (bicyclic) bond motifs is 1. The second kappa shape index (κ2) is 8.75. The Morgan fingerprint density at radius 2 is 1.89 bits per heavy atom. The first kappa shape index (κ1) is 18.3. The van der Waals surface area contributed by atoms with Gasteiger partial charge >= 0.3 is 0 Å². The predicted octanol–water partition coefficient (Wildman–Crippen LogP) is 3.38. The number of nitrogens with one attached hydrogen (secondary N) is 1. The lowest BCUT2D eigenvalue weighted by molar-refractivity contribution is 0.281. The van der Waals surface area contributed by atoms with Gasteiger partial charge in [-0.25, -0.2) is 0 Å². The summed E-state index contributed by atoms with van der Waals surface area (Å²) in [6.07, 6.45) is 5.08. The van der Waals surface area contributed by atoms with Crippen LogP contribution in [0.1, 0.15) is 24.8 Å². The highest BCUT2D eigenvalue weighted by molar-refractivity contribution is 5.85. The summed E-state index contributed by atoms with van der Waals surface area (Å²) in [5.41, 5.74) is 1.41. The molecule has 1 N–H and O–H groups in total. The summed E-state index contributed by atoms with van der Waals surface area (Å²) in [6.45, 7) is 7.07. The molecule has 144 valence electrons. The first-order chi connectivity index (χ1) is 13.3. The molecule has 1 atom stereocenters. The van der Waals surface area contributed by atoms with Crippen molar-refractivity contribution < 1.29 is 0 Å². The van der Waals surface area contributed by atoms with Crippen LogP contribution < -0.4 is 5.32 Å². The van der Waals surface area contributed by atoms with Crippen LogP contribution >= 0.6 is 0 Å². The molecular weight excluding hydrogens is 332 g/mol. The SMILES string of the molecule is CN=C(NCCc1cccc2ccccc12)N1CCC(CN2CCCC2)C1. The van der Waals surface area contributed by atoms with Crippen molar-refractivity contribution in [3.63, 3.8) is 0 Å². The largest absolute Gasteiger partial charge is 0.356 e. The van der Waals surface area contributed by atoms with E-state index < -0.39 is 0 Å². The van der Waals surface area contributed by atoms with Gasteiger partial charge in [0.15, 0.2) is 5.96 Å². The van der Waals surface area contributed by atoms with Crippen LogP contribution in [-0.2, 0) is 6.42 Å². The number of rotatable bonds is 5. The summed E-state index contributed by atoms with van der Waals surface area (Å²) in [7, 11) is 1.91. The maximum absolute atomic E-state index is 4.55. The summed E-state index contributed by atoms with van der Waals surface area (Å²) >= 11 is 0. The number of aliphatic imine (C=N–C) groups is 1. The Kier molecular flexibility index (Phi) is 5.93. The molecule has 2 aliphatic heterocycles. The highest BCUT2D eigenvalue weighted by Crippen LogP contribution is 2.21. The van der Waals surface area contributed by atoms with E-state index in [0.717, 1.165) is 37.9 Å². The lowest BCUT2D eigenvalue weighted by Gasteiger charge is -2.23. The summed E-state index contributed by atoms with van der Waals surface area (Å²) < 4.78 is 0. The summed E-state index contributed by atoms with van der Waals surface area (Å²) in [4.78, 5) is 9.64. The van der Waals surface area contributed by atoms with Gasteiger partial charge in [-0.05, 0) is 61.0 Å². The number of guanidine groups is 1. The predicted molar refractivity (Wildman–Crippen MR) is 114 cm³/mol. The van der Waals surface area contributed by atoms with Crippen molar-refractivity contribution in [2.45, 2.75) is 25.7 Å². The molecule has 0 bridgehead atoms. The molecule has 0 amide bonds. The maximum atomic E-state index is 4.55. The van der Waals surface area contributed by atoms with Crippen molar-refractivity contribution in [3.05, 3.63) is 48.0 Å².